The Bertz CT molecular complexity index is 416. The number of rotatable bonds is 6. The molecular formula is C18H22OSn. The summed E-state index contributed by atoms with van der Waals surface area (Å²) in [5.74, 6) is 0. The molecule has 0 fully saturated rings. The van der Waals surface area contributed by atoms with Gasteiger partial charge in [0.1, 0.15) is 0 Å². The summed E-state index contributed by atoms with van der Waals surface area (Å²) in [5.41, 5.74) is 0. The van der Waals surface area contributed by atoms with Gasteiger partial charge in [-0.2, -0.15) is 0 Å². The Morgan fingerprint density at radius 1 is 0.700 bits per heavy atom. The van der Waals surface area contributed by atoms with Crippen LogP contribution >= 0.6 is 0 Å². The van der Waals surface area contributed by atoms with Gasteiger partial charge < -0.3 is 0 Å². The molecule has 0 atom stereocenters. The van der Waals surface area contributed by atoms with Crippen molar-refractivity contribution >= 4 is 18.8 Å². The van der Waals surface area contributed by atoms with Crippen molar-refractivity contribution < 1.29 is 3.07 Å². The van der Waals surface area contributed by atoms with Gasteiger partial charge in [0, 0.05) is 0 Å². The van der Waals surface area contributed by atoms with E-state index in [4.69, 9.17) is 3.07 Å². The second-order valence-corrected chi connectivity index (χ2v) is 17.0. The van der Waals surface area contributed by atoms with Gasteiger partial charge in [-0.3, -0.25) is 0 Å². The molecule has 0 heterocycles. The number of hydrogen-bond acceptors (Lipinski definition) is 1. The Kier molecular flexibility index (Phi) is 4.47. The minimum atomic E-state index is -2.96. The van der Waals surface area contributed by atoms with Gasteiger partial charge in [-0.1, -0.05) is 0 Å². The third-order valence-electron chi connectivity index (χ3n) is 4.36. The summed E-state index contributed by atoms with van der Waals surface area (Å²) >= 11 is -2.96. The minimum absolute atomic E-state index is 0.533. The van der Waals surface area contributed by atoms with Crippen LogP contribution in [0.3, 0.4) is 0 Å². The summed E-state index contributed by atoms with van der Waals surface area (Å²) in [6, 6.07) is 0. The fraction of sp³-hybridized carbons (Fsp3) is 0.333. The molecule has 3 rings (SSSR count). The Morgan fingerprint density at radius 3 is 1.35 bits per heavy atom. The van der Waals surface area contributed by atoms with Crippen molar-refractivity contribution in [2.24, 2.45) is 0 Å². The predicted octanol–water partition coefficient (Wildman–Crippen LogP) is 4.85. The van der Waals surface area contributed by atoms with Crippen molar-refractivity contribution in [3.63, 3.8) is 0 Å². The van der Waals surface area contributed by atoms with Crippen LogP contribution in [-0.4, -0.2) is 25.4 Å². The quantitative estimate of drug-likeness (QED) is 0.605. The second kappa shape index (κ2) is 6.31. The van der Waals surface area contributed by atoms with Crippen molar-refractivity contribution in [3.8, 4) is 0 Å². The van der Waals surface area contributed by atoms with Crippen LogP contribution in [0, 0.1) is 0 Å². The van der Waals surface area contributed by atoms with E-state index in [-0.39, 0.29) is 0 Å². The first-order valence-electron chi connectivity index (χ1n) is 7.57. The van der Waals surface area contributed by atoms with Gasteiger partial charge in [0.25, 0.3) is 0 Å². The van der Waals surface area contributed by atoms with E-state index in [0.717, 1.165) is 13.0 Å². The summed E-state index contributed by atoms with van der Waals surface area (Å²) in [7, 11) is 0. The van der Waals surface area contributed by atoms with Crippen molar-refractivity contribution in [2.75, 3.05) is 6.61 Å². The van der Waals surface area contributed by atoms with Crippen LogP contribution in [0.4, 0.5) is 0 Å². The zero-order valence-electron chi connectivity index (χ0n) is 12.0. The molecule has 3 aliphatic rings. The van der Waals surface area contributed by atoms with Crippen LogP contribution in [-0.2, 0) is 3.07 Å². The van der Waals surface area contributed by atoms with Gasteiger partial charge >= 0.3 is 127 Å². The maximum absolute atomic E-state index is 6.73. The molecule has 0 spiro atoms. The fourth-order valence-corrected chi connectivity index (χ4v) is 17.5. The van der Waals surface area contributed by atoms with Crippen LogP contribution in [0.15, 0.2) is 72.9 Å². The van der Waals surface area contributed by atoms with Gasteiger partial charge in [-0.25, -0.2) is 0 Å². The molecule has 20 heavy (non-hydrogen) atoms. The number of allylic oxidation sites excluding steroid dienone is 12. The summed E-state index contributed by atoms with van der Waals surface area (Å²) in [6.45, 7) is 3.10. The molecule has 104 valence electrons. The molecular weight excluding hydrogens is 351 g/mol. The summed E-state index contributed by atoms with van der Waals surface area (Å²) in [5, 5.41) is 0. The van der Waals surface area contributed by atoms with Crippen LogP contribution in [0.2, 0.25) is 11.8 Å². The Balaban J connectivity index is 2.01. The van der Waals surface area contributed by atoms with Crippen molar-refractivity contribution in [2.45, 2.75) is 25.1 Å². The second-order valence-electron chi connectivity index (χ2n) is 5.59. The summed E-state index contributed by atoms with van der Waals surface area (Å²) in [4.78, 5) is 0. The molecule has 0 N–H and O–H groups in total. The Labute approximate surface area is 126 Å². The van der Waals surface area contributed by atoms with E-state index in [1.807, 2.05) is 0 Å². The molecule has 0 aromatic heterocycles. The topological polar surface area (TPSA) is 9.23 Å². The SMILES string of the molecule is CCC[O][Sn]([CH]1C=CC=C1)([CH]1C=CC=C1)[CH]1C=CC=C1. The van der Waals surface area contributed by atoms with Crippen LogP contribution in [0.5, 0.6) is 0 Å². The Morgan fingerprint density at radius 2 is 1.05 bits per heavy atom. The van der Waals surface area contributed by atoms with E-state index >= 15 is 0 Å². The van der Waals surface area contributed by atoms with Crippen LogP contribution in [0.25, 0.3) is 0 Å². The zero-order valence-corrected chi connectivity index (χ0v) is 14.8. The first-order chi connectivity index (χ1) is 9.88. The third-order valence-corrected chi connectivity index (χ3v) is 18.6. The molecule has 0 aliphatic heterocycles. The van der Waals surface area contributed by atoms with Crippen molar-refractivity contribution in [1.29, 1.82) is 0 Å². The van der Waals surface area contributed by atoms with Gasteiger partial charge in [0.2, 0.25) is 0 Å². The molecule has 0 aromatic rings. The monoisotopic (exact) mass is 374 g/mol. The molecule has 0 radical (unpaired) electrons. The van der Waals surface area contributed by atoms with Gasteiger partial charge in [-0.05, 0) is 0 Å². The van der Waals surface area contributed by atoms with E-state index in [1.54, 1.807) is 0 Å². The van der Waals surface area contributed by atoms with Crippen LogP contribution < -0.4 is 0 Å². The Hall–Kier alpha value is -0.801. The summed E-state index contributed by atoms with van der Waals surface area (Å²) < 4.78 is 8.33. The predicted molar refractivity (Wildman–Crippen MR) is 88.1 cm³/mol. The average molecular weight is 373 g/mol. The zero-order chi connectivity index (χ0) is 13.8. The van der Waals surface area contributed by atoms with E-state index in [0.29, 0.717) is 11.8 Å². The van der Waals surface area contributed by atoms with Crippen molar-refractivity contribution in [1.82, 2.24) is 0 Å². The van der Waals surface area contributed by atoms with Gasteiger partial charge in [-0.15, -0.1) is 0 Å². The molecule has 0 amide bonds. The molecule has 0 saturated carbocycles. The first kappa shape index (κ1) is 14.1. The van der Waals surface area contributed by atoms with Gasteiger partial charge in [0.05, 0.1) is 0 Å². The van der Waals surface area contributed by atoms with E-state index in [1.165, 1.54) is 0 Å². The molecule has 0 unspecified atom stereocenters. The molecule has 1 nitrogen and oxygen atoms in total. The van der Waals surface area contributed by atoms with Crippen molar-refractivity contribution in [3.05, 3.63) is 72.9 Å². The molecule has 3 aliphatic carbocycles. The van der Waals surface area contributed by atoms with Crippen LogP contribution in [0.1, 0.15) is 13.3 Å². The van der Waals surface area contributed by atoms with E-state index in [2.05, 4.69) is 79.8 Å². The maximum atomic E-state index is 6.73. The number of hydrogen-bond donors (Lipinski definition) is 0. The third kappa shape index (κ3) is 2.42. The average Bonchev–Trinajstić information content (AvgIpc) is 3.23. The standard InChI is InChI=1S/3C5H5.C3H7O.Sn/c3*1-2-4-5-3-1;1-2-3-4;/h3*1-5H;2-3H2,1H3;/q;;;-1;+1. The van der Waals surface area contributed by atoms with E-state index in [9.17, 15) is 0 Å². The van der Waals surface area contributed by atoms with Gasteiger partial charge in [0.15, 0.2) is 0 Å². The first-order valence-corrected chi connectivity index (χ1v) is 13.7. The molecule has 0 bridgehead atoms. The molecule has 0 aromatic carbocycles. The van der Waals surface area contributed by atoms with E-state index < -0.39 is 18.8 Å². The summed E-state index contributed by atoms with van der Waals surface area (Å²) in [6.07, 6.45) is 28.4. The normalized spacial score (nSPS) is 22.1. The molecule has 0 saturated heterocycles. The molecule has 2 heteroatoms. The fourth-order valence-electron chi connectivity index (χ4n) is 3.43.